The third kappa shape index (κ3) is 1.26. The van der Waals surface area contributed by atoms with Gasteiger partial charge in [-0.05, 0) is 19.4 Å². The Morgan fingerprint density at radius 1 is 1.50 bits per heavy atom. The van der Waals surface area contributed by atoms with Crippen LogP contribution >= 0.6 is 11.3 Å². The highest BCUT2D eigenvalue weighted by atomic mass is 32.1. The average molecular weight is 207 g/mol. The van der Waals surface area contributed by atoms with Crippen molar-refractivity contribution in [3.05, 3.63) is 23.5 Å². The minimum absolute atomic E-state index is 0.534. The smallest absolute Gasteiger partial charge is 0.193 e. The number of thiazole rings is 1. The van der Waals surface area contributed by atoms with E-state index in [4.69, 9.17) is 0 Å². The molecule has 1 unspecified atom stereocenters. The van der Waals surface area contributed by atoms with Crippen LogP contribution in [0.2, 0.25) is 0 Å². The molecule has 0 aromatic carbocycles. The number of fused-ring (bicyclic) bond motifs is 1. The molecular formula is C10H13N3S. The zero-order valence-electron chi connectivity index (χ0n) is 7.94. The summed E-state index contributed by atoms with van der Waals surface area (Å²) in [6, 6.07) is 0.534. The van der Waals surface area contributed by atoms with E-state index in [1.807, 2.05) is 6.20 Å². The summed E-state index contributed by atoms with van der Waals surface area (Å²) in [7, 11) is 0. The van der Waals surface area contributed by atoms with Crippen LogP contribution in [0.15, 0.2) is 17.8 Å². The maximum Gasteiger partial charge on any atom is 0.193 e. The van der Waals surface area contributed by atoms with Crippen molar-refractivity contribution in [1.29, 1.82) is 0 Å². The minimum atomic E-state index is 0.534. The zero-order valence-corrected chi connectivity index (χ0v) is 8.76. The maximum atomic E-state index is 4.29. The summed E-state index contributed by atoms with van der Waals surface area (Å²) in [5, 5.41) is 5.79. The van der Waals surface area contributed by atoms with Gasteiger partial charge in [-0.25, -0.2) is 4.98 Å². The van der Waals surface area contributed by atoms with Crippen molar-refractivity contribution >= 4 is 16.3 Å². The van der Waals surface area contributed by atoms with Gasteiger partial charge in [-0.15, -0.1) is 11.3 Å². The molecule has 0 saturated carbocycles. The van der Waals surface area contributed by atoms with Crippen molar-refractivity contribution in [2.24, 2.45) is 0 Å². The van der Waals surface area contributed by atoms with Crippen molar-refractivity contribution in [2.75, 3.05) is 6.54 Å². The van der Waals surface area contributed by atoms with E-state index in [0.29, 0.717) is 6.04 Å². The molecule has 74 valence electrons. The fourth-order valence-corrected chi connectivity index (χ4v) is 3.00. The van der Waals surface area contributed by atoms with Gasteiger partial charge in [-0.2, -0.15) is 0 Å². The van der Waals surface area contributed by atoms with Crippen LogP contribution in [-0.4, -0.2) is 15.9 Å². The molecule has 3 nitrogen and oxygen atoms in total. The molecule has 1 aliphatic heterocycles. The Kier molecular flexibility index (Phi) is 2.03. The van der Waals surface area contributed by atoms with Gasteiger partial charge in [0.2, 0.25) is 0 Å². The highest BCUT2D eigenvalue weighted by molar-refractivity contribution is 7.15. The number of aromatic nitrogens is 2. The summed E-state index contributed by atoms with van der Waals surface area (Å²) in [6.45, 7) is 1.15. The first-order chi connectivity index (χ1) is 6.95. The molecule has 1 atom stereocenters. The Hall–Kier alpha value is -0.870. The number of hydrogen-bond acceptors (Lipinski definition) is 3. The van der Waals surface area contributed by atoms with Gasteiger partial charge >= 0.3 is 0 Å². The lowest BCUT2D eigenvalue weighted by Crippen LogP contribution is -2.27. The molecule has 1 N–H and O–H groups in total. The first kappa shape index (κ1) is 8.44. The summed E-state index contributed by atoms with van der Waals surface area (Å²) < 4.78 is 2.20. The number of piperidine rings is 1. The Labute approximate surface area is 86.8 Å². The van der Waals surface area contributed by atoms with Gasteiger partial charge in [0.05, 0.1) is 5.69 Å². The summed E-state index contributed by atoms with van der Waals surface area (Å²) in [5.41, 5.74) is 1.38. The van der Waals surface area contributed by atoms with Crippen LogP contribution in [0.5, 0.6) is 0 Å². The molecule has 0 radical (unpaired) electrons. The predicted octanol–water partition coefficient (Wildman–Crippen LogP) is 2.21. The fraction of sp³-hybridized carbons (Fsp3) is 0.500. The molecule has 0 spiro atoms. The molecule has 1 aliphatic rings. The van der Waals surface area contributed by atoms with E-state index in [1.165, 1.54) is 25.0 Å². The van der Waals surface area contributed by atoms with Crippen molar-refractivity contribution in [1.82, 2.24) is 14.7 Å². The summed E-state index contributed by atoms with van der Waals surface area (Å²) in [6.07, 6.45) is 7.83. The van der Waals surface area contributed by atoms with Crippen LogP contribution in [0.4, 0.5) is 0 Å². The molecule has 3 rings (SSSR count). The zero-order chi connectivity index (χ0) is 9.38. The van der Waals surface area contributed by atoms with E-state index in [9.17, 15) is 0 Å². The van der Waals surface area contributed by atoms with Crippen LogP contribution < -0.4 is 5.32 Å². The molecular weight excluding hydrogens is 194 g/mol. The number of hydrogen-bond donors (Lipinski definition) is 1. The van der Waals surface area contributed by atoms with Gasteiger partial charge in [0, 0.05) is 23.8 Å². The number of nitrogens with zero attached hydrogens (tertiary/aromatic N) is 2. The van der Waals surface area contributed by atoms with E-state index in [-0.39, 0.29) is 0 Å². The van der Waals surface area contributed by atoms with E-state index in [2.05, 4.69) is 26.3 Å². The third-order valence-corrected chi connectivity index (χ3v) is 3.71. The van der Waals surface area contributed by atoms with Gasteiger partial charge < -0.3 is 5.32 Å². The molecule has 2 aromatic rings. The predicted molar refractivity (Wildman–Crippen MR) is 57.7 cm³/mol. The molecule has 0 amide bonds. The van der Waals surface area contributed by atoms with Gasteiger partial charge in [0.15, 0.2) is 4.96 Å². The molecule has 0 bridgehead atoms. The average Bonchev–Trinajstić information content (AvgIpc) is 2.79. The standard InChI is InChI=1S/C10H13N3S/c1-2-4-11-8(3-1)9-7-14-10-12-5-6-13(9)10/h5-8,11H,1-4H2. The largest absolute Gasteiger partial charge is 0.309 e. The highest BCUT2D eigenvalue weighted by Gasteiger charge is 2.18. The second kappa shape index (κ2) is 3.37. The van der Waals surface area contributed by atoms with Crippen LogP contribution in [0, 0.1) is 0 Å². The second-order valence-electron chi connectivity index (χ2n) is 3.74. The number of imidazole rings is 1. The molecule has 4 heteroatoms. The lowest BCUT2D eigenvalue weighted by atomic mass is 10.0. The summed E-state index contributed by atoms with van der Waals surface area (Å²) in [4.78, 5) is 5.39. The highest BCUT2D eigenvalue weighted by Crippen LogP contribution is 2.26. The fourth-order valence-electron chi connectivity index (χ4n) is 2.10. The van der Waals surface area contributed by atoms with E-state index in [0.717, 1.165) is 11.5 Å². The van der Waals surface area contributed by atoms with Crippen molar-refractivity contribution in [2.45, 2.75) is 25.3 Å². The van der Waals surface area contributed by atoms with Gasteiger partial charge in [-0.3, -0.25) is 4.40 Å². The molecule has 3 heterocycles. The van der Waals surface area contributed by atoms with Crippen molar-refractivity contribution < 1.29 is 0 Å². The topological polar surface area (TPSA) is 29.3 Å². The van der Waals surface area contributed by atoms with Crippen LogP contribution in [0.25, 0.3) is 4.96 Å². The second-order valence-corrected chi connectivity index (χ2v) is 4.58. The van der Waals surface area contributed by atoms with Crippen molar-refractivity contribution in [3.8, 4) is 0 Å². The molecule has 2 aromatic heterocycles. The van der Waals surface area contributed by atoms with Crippen LogP contribution in [0.1, 0.15) is 31.0 Å². The molecule has 14 heavy (non-hydrogen) atoms. The summed E-state index contributed by atoms with van der Waals surface area (Å²) in [5.74, 6) is 0. The first-order valence-corrected chi connectivity index (χ1v) is 5.97. The van der Waals surface area contributed by atoms with E-state index < -0.39 is 0 Å². The maximum absolute atomic E-state index is 4.29. The molecule has 0 aliphatic carbocycles. The number of rotatable bonds is 1. The van der Waals surface area contributed by atoms with Gasteiger partial charge in [0.1, 0.15) is 0 Å². The van der Waals surface area contributed by atoms with Gasteiger partial charge in [0.25, 0.3) is 0 Å². The van der Waals surface area contributed by atoms with Crippen LogP contribution in [-0.2, 0) is 0 Å². The number of nitrogens with one attached hydrogen (secondary N) is 1. The quantitative estimate of drug-likeness (QED) is 0.777. The van der Waals surface area contributed by atoms with E-state index >= 15 is 0 Å². The first-order valence-electron chi connectivity index (χ1n) is 5.09. The lowest BCUT2D eigenvalue weighted by Gasteiger charge is -2.22. The monoisotopic (exact) mass is 207 g/mol. The van der Waals surface area contributed by atoms with Crippen LogP contribution in [0.3, 0.4) is 0 Å². The Morgan fingerprint density at radius 3 is 3.36 bits per heavy atom. The van der Waals surface area contributed by atoms with E-state index in [1.54, 1.807) is 11.3 Å². The van der Waals surface area contributed by atoms with Gasteiger partial charge in [-0.1, -0.05) is 6.42 Å². The SMILES string of the molecule is c1cn2c(C3CCCCN3)csc2n1. The van der Waals surface area contributed by atoms with Crippen molar-refractivity contribution in [3.63, 3.8) is 0 Å². The Morgan fingerprint density at radius 2 is 2.50 bits per heavy atom. The Balaban J connectivity index is 1.99. The third-order valence-electron chi connectivity index (χ3n) is 2.84. The normalized spacial score (nSPS) is 23.0. The Bertz CT molecular complexity index is 425. The molecule has 1 saturated heterocycles. The minimum Gasteiger partial charge on any atom is -0.309 e. The lowest BCUT2D eigenvalue weighted by molar-refractivity contribution is 0.404. The molecule has 1 fully saturated rings. The summed E-state index contributed by atoms with van der Waals surface area (Å²) >= 11 is 1.73.